The van der Waals surface area contributed by atoms with Gasteiger partial charge in [-0.15, -0.1) is 23.7 Å². The first-order valence-corrected chi connectivity index (χ1v) is 9.44. The molecule has 2 aliphatic heterocycles. The second-order valence-electron chi connectivity index (χ2n) is 6.37. The smallest absolute Gasteiger partial charge is 0.239 e. The zero-order valence-corrected chi connectivity index (χ0v) is 15.5. The van der Waals surface area contributed by atoms with Crippen LogP contribution in [0.3, 0.4) is 0 Å². The Morgan fingerprint density at radius 2 is 2.08 bits per heavy atom. The average Bonchev–Trinajstić information content (AvgIpc) is 3.28. The molecule has 0 aliphatic carbocycles. The summed E-state index contributed by atoms with van der Waals surface area (Å²) in [6, 6.07) is 4.14. The minimum absolute atomic E-state index is 0. The van der Waals surface area contributed by atoms with Gasteiger partial charge in [-0.1, -0.05) is 6.07 Å². The van der Waals surface area contributed by atoms with Gasteiger partial charge in [0, 0.05) is 30.4 Å². The van der Waals surface area contributed by atoms with E-state index in [1.165, 1.54) is 4.88 Å². The number of carbonyl (C=O) groups is 2. The Morgan fingerprint density at radius 1 is 1.29 bits per heavy atom. The third-order valence-electron chi connectivity index (χ3n) is 4.79. The molecule has 1 atom stereocenters. The standard InChI is InChI=1S/C17H25N3O2S.ClH/c21-16(19-9-5-14-3-2-12-23-14)13-6-10-20(11-7-13)17(22)15-4-1-8-18-15;/h2-3,12-13,15,18H,1,4-11H2,(H,19,21);1H. The van der Waals surface area contributed by atoms with Gasteiger partial charge in [0.25, 0.3) is 0 Å². The van der Waals surface area contributed by atoms with E-state index in [2.05, 4.69) is 22.1 Å². The Labute approximate surface area is 153 Å². The Hall–Kier alpha value is -1.11. The minimum atomic E-state index is 0. The average molecular weight is 372 g/mol. The lowest BCUT2D eigenvalue weighted by atomic mass is 9.95. The van der Waals surface area contributed by atoms with Crippen molar-refractivity contribution in [3.8, 4) is 0 Å². The molecule has 2 aliphatic rings. The maximum Gasteiger partial charge on any atom is 0.239 e. The van der Waals surface area contributed by atoms with Crippen LogP contribution in [0.1, 0.15) is 30.6 Å². The van der Waals surface area contributed by atoms with Crippen LogP contribution in [0.15, 0.2) is 17.5 Å². The quantitative estimate of drug-likeness (QED) is 0.830. The second kappa shape index (κ2) is 9.39. The van der Waals surface area contributed by atoms with Crippen molar-refractivity contribution in [1.82, 2.24) is 15.5 Å². The van der Waals surface area contributed by atoms with Crippen LogP contribution < -0.4 is 10.6 Å². The number of amides is 2. The highest BCUT2D eigenvalue weighted by Crippen LogP contribution is 2.19. The molecule has 2 saturated heterocycles. The number of nitrogens with zero attached hydrogens (tertiary/aromatic N) is 1. The number of thiophene rings is 1. The summed E-state index contributed by atoms with van der Waals surface area (Å²) < 4.78 is 0. The van der Waals surface area contributed by atoms with E-state index in [1.54, 1.807) is 11.3 Å². The highest BCUT2D eigenvalue weighted by Gasteiger charge is 2.31. The molecule has 24 heavy (non-hydrogen) atoms. The molecule has 3 rings (SSSR count). The number of rotatable bonds is 5. The molecular formula is C17H26ClN3O2S. The lowest BCUT2D eigenvalue weighted by Gasteiger charge is -2.33. The molecule has 0 saturated carbocycles. The minimum Gasteiger partial charge on any atom is -0.355 e. The predicted octanol–water partition coefficient (Wildman–Crippen LogP) is 1.82. The number of hydrogen-bond acceptors (Lipinski definition) is 4. The first kappa shape index (κ1) is 19.2. The maximum atomic E-state index is 12.3. The van der Waals surface area contributed by atoms with Gasteiger partial charge in [-0.3, -0.25) is 9.59 Å². The summed E-state index contributed by atoms with van der Waals surface area (Å²) in [5, 5.41) is 8.36. The highest BCUT2D eigenvalue weighted by molar-refractivity contribution is 7.09. The Morgan fingerprint density at radius 3 is 2.71 bits per heavy atom. The van der Waals surface area contributed by atoms with Gasteiger partial charge >= 0.3 is 0 Å². The molecule has 1 unspecified atom stereocenters. The molecule has 2 N–H and O–H groups in total. The molecule has 3 heterocycles. The first-order chi connectivity index (χ1) is 11.2. The largest absolute Gasteiger partial charge is 0.355 e. The van der Waals surface area contributed by atoms with Crippen molar-refractivity contribution < 1.29 is 9.59 Å². The molecule has 2 amide bonds. The van der Waals surface area contributed by atoms with E-state index in [9.17, 15) is 9.59 Å². The third kappa shape index (κ3) is 4.94. The monoisotopic (exact) mass is 371 g/mol. The lowest BCUT2D eigenvalue weighted by Crippen LogP contribution is -2.48. The van der Waals surface area contributed by atoms with Gasteiger partial charge in [-0.25, -0.2) is 0 Å². The Bertz CT molecular complexity index is 524. The van der Waals surface area contributed by atoms with Crippen molar-refractivity contribution in [1.29, 1.82) is 0 Å². The lowest BCUT2D eigenvalue weighted by molar-refractivity contribution is -0.137. The van der Waals surface area contributed by atoms with E-state index < -0.39 is 0 Å². The fraction of sp³-hybridized carbons (Fsp3) is 0.647. The number of halogens is 1. The van der Waals surface area contributed by atoms with Crippen LogP contribution in [0.4, 0.5) is 0 Å². The summed E-state index contributed by atoms with van der Waals surface area (Å²) in [6.45, 7) is 3.06. The zero-order chi connectivity index (χ0) is 16.1. The van der Waals surface area contributed by atoms with Crippen LogP contribution in [0.2, 0.25) is 0 Å². The van der Waals surface area contributed by atoms with Gasteiger partial charge in [0.05, 0.1) is 6.04 Å². The molecule has 7 heteroatoms. The van der Waals surface area contributed by atoms with Crippen LogP contribution >= 0.6 is 23.7 Å². The number of nitrogens with one attached hydrogen (secondary N) is 2. The van der Waals surface area contributed by atoms with Gasteiger partial charge in [0.1, 0.15) is 0 Å². The maximum absolute atomic E-state index is 12.3. The summed E-state index contributed by atoms with van der Waals surface area (Å²) in [5.74, 6) is 0.422. The van der Waals surface area contributed by atoms with Gasteiger partial charge in [-0.05, 0) is 50.1 Å². The molecule has 2 fully saturated rings. The fourth-order valence-electron chi connectivity index (χ4n) is 3.39. The van der Waals surface area contributed by atoms with Crippen LogP contribution in [0, 0.1) is 5.92 Å². The molecule has 1 aromatic rings. The number of piperidine rings is 1. The van der Waals surface area contributed by atoms with Gasteiger partial charge in [0.2, 0.25) is 11.8 Å². The SMILES string of the molecule is Cl.O=C(NCCc1cccs1)C1CCN(C(=O)C2CCCN2)CC1. The van der Waals surface area contributed by atoms with Crippen LogP contribution in [0.5, 0.6) is 0 Å². The molecule has 0 spiro atoms. The summed E-state index contributed by atoms with van der Waals surface area (Å²) in [6.07, 6.45) is 4.49. The van der Waals surface area contributed by atoms with Crippen molar-refractivity contribution >= 4 is 35.6 Å². The number of carbonyl (C=O) groups excluding carboxylic acids is 2. The van der Waals surface area contributed by atoms with Gasteiger partial charge in [-0.2, -0.15) is 0 Å². The van der Waals surface area contributed by atoms with Crippen molar-refractivity contribution in [3.05, 3.63) is 22.4 Å². The Kier molecular flexibility index (Phi) is 7.52. The summed E-state index contributed by atoms with van der Waals surface area (Å²) >= 11 is 1.72. The molecule has 134 valence electrons. The van der Waals surface area contributed by atoms with E-state index in [-0.39, 0.29) is 36.2 Å². The predicted molar refractivity (Wildman–Crippen MR) is 98.6 cm³/mol. The zero-order valence-electron chi connectivity index (χ0n) is 13.8. The van der Waals surface area contributed by atoms with Crippen LogP contribution in [-0.2, 0) is 16.0 Å². The van der Waals surface area contributed by atoms with Gasteiger partial charge in [0.15, 0.2) is 0 Å². The van der Waals surface area contributed by atoms with E-state index in [1.807, 2.05) is 11.0 Å². The van der Waals surface area contributed by atoms with E-state index >= 15 is 0 Å². The first-order valence-electron chi connectivity index (χ1n) is 8.56. The molecule has 0 radical (unpaired) electrons. The molecule has 1 aromatic heterocycles. The second-order valence-corrected chi connectivity index (χ2v) is 7.40. The van der Waals surface area contributed by atoms with Crippen molar-refractivity contribution in [2.75, 3.05) is 26.2 Å². The summed E-state index contributed by atoms with van der Waals surface area (Å²) in [7, 11) is 0. The van der Waals surface area contributed by atoms with Crippen molar-refractivity contribution in [2.45, 2.75) is 38.1 Å². The number of hydrogen-bond donors (Lipinski definition) is 2. The summed E-state index contributed by atoms with van der Waals surface area (Å²) in [4.78, 5) is 27.8. The summed E-state index contributed by atoms with van der Waals surface area (Å²) in [5.41, 5.74) is 0. The highest BCUT2D eigenvalue weighted by atomic mass is 35.5. The molecule has 5 nitrogen and oxygen atoms in total. The normalized spacial score (nSPS) is 21.3. The van der Waals surface area contributed by atoms with Crippen molar-refractivity contribution in [2.24, 2.45) is 5.92 Å². The van der Waals surface area contributed by atoms with Crippen molar-refractivity contribution in [3.63, 3.8) is 0 Å². The van der Waals surface area contributed by atoms with E-state index in [0.29, 0.717) is 19.6 Å². The molecule has 0 aromatic carbocycles. The van der Waals surface area contributed by atoms with Gasteiger partial charge < -0.3 is 15.5 Å². The number of likely N-dealkylation sites (tertiary alicyclic amines) is 1. The fourth-order valence-corrected chi connectivity index (χ4v) is 4.09. The molecular weight excluding hydrogens is 346 g/mol. The van der Waals surface area contributed by atoms with E-state index in [4.69, 9.17) is 0 Å². The molecule has 0 bridgehead atoms. The van der Waals surface area contributed by atoms with Crippen LogP contribution in [0.25, 0.3) is 0 Å². The van der Waals surface area contributed by atoms with E-state index in [0.717, 1.165) is 38.6 Å². The topological polar surface area (TPSA) is 61.4 Å². The van der Waals surface area contributed by atoms with Crippen LogP contribution in [-0.4, -0.2) is 48.9 Å². The Balaban J connectivity index is 0.00000208. The third-order valence-corrected chi connectivity index (χ3v) is 5.72.